The summed E-state index contributed by atoms with van der Waals surface area (Å²) in [6.45, 7) is 0. The van der Waals surface area contributed by atoms with Crippen molar-refractivity contribution in [3.63, 3.8) is 0 Å². The Hall–Kier alpha value is -1.22. The van der Waals surface area contributed by atoms with E-state index < -0.39 is 0 Å². The summed E-state index contributed by atoms with van der Waals surface area (Å²) in [6.07, 6.45) is 5.34. The van der Waals surface area contributed by atoms with Gasteiger partial charge in [-0.3, -0.25) is 0 Å². The van der Waals surface area contributed by atoms with E-state index in [4.69, 9.17) is 4.74 Å². The first-order valence-electron chi connectivity index (χ1n) is 6.81. The van der Waals surface area contributed by atoms with Crippen molar-refractivity contribution in [3.05, 3.63) is 24.3 Å². The van der Waals surface area contributed by atoms with Crippen LogP contribution in [0.5, 0.6) is 5.75 Å². The normalized spacial score (nSPS) is 24.0. The molecule has 3 nitrogen and oxygen atoms in total. The summed E-state index contributed by atoms with van der Waals surface area (Å²) in [7, 11) is 6.23. The van der Waals surface area contributed by atoms with Gasteiger partial charge in [-0.25, -0.2) is 0 Å². The van der Waals surface area contributed by atoms with Gasteiger partial charge in [-0.2, -0.15) is 0 Å². The summed E-state index contributed by atoms with van der Waals surface area (Å²) in [4.78, 5) is 2.30. The van der Waals surface area contributed by atoms with Crippen LogP contribution in [-0.4, -0.2) is 38.2 Å². The second-order valence-electron chi connectivity index (χ2n) is 5.25. The van der Waals surface area contributed by atoms with Crippen molar-refractivity contribution in [3.8, 4) is 5.75 Å². The quantitative estimate of drug-likeness (QED) is 0.886. The lowest BCUT2D eigenvalue weighted by molar-refractivity contribution is 0.0623. The molecule has 0 bridgehead atoms. The van der Waals surface area contributed by atoms with Gasteiger partial charge in [0.1, 0.15) is 11.9 Å². The third-order valence-electron chi connectivity index (χ3n) is 3.76. The Morgan fingerprint density at radius 1 is 1.11 bits per heavy atom. The van der Waals surface area contributed by atoms with Gasteiger partial charge in [0.25, 0.3) is 0 Å². The van der Waals surface area contributed by atoms with Crippen LogP contribution in [0, 0.1) is 0 Å². The van der Waals surface area contributed by atoms with Gasteiger partial charge in [0.2, 0.25) is 0 Å². The summed E-state index contributed by atoms with van der Waals surface area (Å²) in [5, 5.41) is 3.12. The van der Waals surface area contributed by atoms with Crippen molar-refractivity contribution in [2.75, 3.05) is 26.5 Å². The fourth-order valence-electron chi connectivity index (χ4n) is 2.68. The summed E-state index contributed by atoms with van der Waals surface area (Å²) in [6, 6.07) is 8.76. The van der Waals surface area contributed by atoms with Crippen molar-refractivity contribution in [1.29, 1.82) is 0 Å². The molecule has 1 aromatic rings. The summed E-state index contributed by atoms with van der Waals surface area (Å²) >= 11 is 0. The average molecular weight is 248 g/mol. The number of likely N-dealkylation sites (N-methyl/N-ethyl adjacent to an activating group) is 1. The van der Waals surface area contributed by atoms with Gasteiger partial charge in [0.15, 0.2) is 0 Å². The summed E-state index contributed by atoms with van der Waals surface area (Å²) in [5.41, 5.74) is 1.12. The van der Waals surface area contributed by atoms with Gasteiger partial charge in [-0.1, -0.05) is 6.42 Å². The van der Waals surface area contributed by atoms with E-state index in [9.17, 15) is 0 Å². The second kappa shape index (κ2) is 6.10. The molecule has 18 heavy (non-hydrogen) atoms. The molecule has 3 heteroatoms. The lowest BCUT2D eigenvalue weighted by atomic mass is 9.91. The van der Waals surface area contributed by atoms with Crippen LogP contribution in [0.15, 0.2) is 24.3 Å². The highest BCUT2D eigenvalue weighted by Crippen LogP contribution is 2.26. The van der Waals surface area contributed by atoms with Crippen LogP contribution in [0.1, 0.15) is 25.7 Å². The van der Waals surface area contributed by atoms with E-state index in [0.717, 1.165) is 17.9 Å². The molecule has 1 aliphatic rings. The number of benzene rings is 1. The molecule has 0 aromatic heterocycles. The molecule has 1 saturated carbocycles. The molecular formula is C15H24N2O. The number of hydrogen-bond donors (Lipinski definition) is 1. The van der Waals surface area contributed by atoms with Gasteiger partial charge < -0.3 is 15.0 Å². The molecule has 0 amide bonds. The first-order chi connectivity index (χ1) is 8.70. The standard InChI is InChI=1S/C15H24N2O/c1-16-12-8-10-13(11-9-12)18-15-7-5-4-6-14(15)17(2)3/h8-11,14-16H,4-7H2,1-3H3. The van der Waals surface area contributed by atoms with E-state index in [2.05, 4.69) is 36.4 Å². The Labute approximate surface area is 110 Å². The Morgan fingerprint density at radius 2 is 1.78 bits per heavy atom. The predicted octanol–water partition coefficient (Wildman–Crippen LogP) is 2.98. The van der Waals surface area contributed by atoms with E-state index in [1.54, 1.807) is 0 Å². The molecule has 0 aliphatic heterocycles. The number of hydrogen-bond acceptors (Lipinski definition) is 3. The van der Waals surface area contributed by atoms with Crippen molar-refractivity contribution < 1.29 is 4.74 Å². The zero-order chi connectivity index (χ0) is 13.0. The number of nitrogens with one attached hydrogen (secondary N) is 1. The molecule has 2 atom stereocenters. The maximum atomic E-state index is 6.16. The van der Waals surface area contributed by atoms with Gasteiger partial charge in [0, 0.05) is 18.8 Å². The minimum absolute atomic E-state index is 0.328. The van der Waals surface area contributed by atoms with Crippen LogP contribution in [-0.2, 0) is 0 Å². The lowest BCUT2D eigenvalue weighted by Crippen LogP contribution is -2.44. The highest BCUT2D eigenvalue weighted by molar-refractivity contribution is 5.45. The first-order valence-corrected chi connectivity index (χ1v) is 6.81. The Morgan fingerprint density at radius 3 is 2.39 bits per heavy atom. The number of nitrogens with zero attached hydrogens (tertiary/aromatic N) is 1. The van der Waals surface area contributed by atoms with Crippen LogP contribution in [0.2, 0.25) is 0 Å². The van der Waals surface area contributed by atoms with Gasteiger partial charge in [0.05, 0.1) is 0 Å². The molecule has 1 N–H and O–H groups in total. The largest absolute Gasteiger partial charge is 0.489 e. The molecule has 0 saturated heterocycles. The van der Waals surface area contributed by atoms with Crippen LogP contribution in [0.25, 0.3) is 0 Å². The van der Waals surface area contributed by atoms with E-state index in [-0.39, 0.29) is 0 Å². The Bertz CT molecular complexity index is 361. The smallest absolute Gasteiger partial charge is 0.119 e. The van der Waals surface area contributed by atoms with Crippen molar-refractivity contribution in [2.24, 2.45) is 0 Å². The second-order valence-corrected chi connectivity index (χ2v) is 5.25. The molecular weight excluding hydrogens is 224 g/mol. The van der Waals surface area contributed by atoms with E-state index >= 15 is 0 Å². The highest BCUT2D eigenvalue weighted by atomic mass is 16.5. The zero-order valence-electron chi connectivity index (χ0n) is 11.6. The van der Waals surface area contributed by atoms with Crippen molar-refractivity contribution >= 4 is 5.69 Å². The monoisotopic (exact) mass is 248 g/mol. The zero-order valence-corrected chi connectivity index (χ0v) is 11.6. The van der Waals surface area contributed by atoms with Crippen molar-refractivity contribution in [1.82, 2.24) is 4.90 Å². The van der Waals surface area contributed by atoms with Gasteiger partial charge >= 0.3 is 0 Å². The fourth-order valence-corrected chi connectivity index (χ4v) is 2.68. The fraction of sp³-hybridized carbons (Fsp3) is 0.600. The molecule has 0 spiro atoms. The molecule has 2 unspecified atom stereocenters. The van der Waals surface area contributed by atoms with Crippen molar-refractivity contribution in [2.45, 2.75) is 37.8 Å². The molecule has 1 fully saturated rings. The van der Waals surface area contributed by atoms with Gasteiger partial charge in [-0.05, 0) is 57.6 Å². The van der Waals surface area contributed by atoms with Crippen LogP contribution in [0.4, 0.5) is 5.69 Å². The maximum Gasteiger partial charge on any atom is 0.119 e. The number of rotatable bonds is 4. The van der Waals surface area contributed by atoms with Crippen LogP contribution >= 0.6 is 0 Å². The summed E-state index contributed by atoms with van der Waals surface area (Å²) in [5.74, 6) is 0.979. The minimum atomic E-state index is 0.328. The molecule has 100 valence electrons. The van der Waals surface area contributed by atoms with Crippen LogP contribution < -0.4 is 10.1 Å². The summed E-state index contributed by atoms with van der Waals surface area (Å²) < 4.78 is 6.16. The van der Waals surface area contributed by atoms with E-state index in [1.807, 2.05) is 19.2 Å². The molecule has 1 aliphatic carbocycles. The molecule has 0 radical (unpaired) electrons. The predicted molar refractivity (Wildman–Crippen MR) is 76.3 cm³/mol. The lowest BCUT2D eigenvalue weighted by Gasteiger charge is -2.36. The topological polar surface area (TPSA) is 24.5 Å². The highest BCUT2D eigenvalue weighted by Gasteiger charge is 2.28. The van der Waals surface area contributed by atoms with E-state index in [0.29, 0.717) is 12.1 Å². The molecule has 1 aromatic carbocycles. The minimum Gasteiger partial charge on any atom is -0.489 e. The van der Waals surface area contributed by atoms with Gasteiger partial charge in [-0.15, -0.1) is 0 Å². The molecule has 0 heterocycles. The average Bonchev–Trinajstić information content (AvgIpc) is 2.40. The first kappa shape index (κ1) is 13.2. The number of anilines is 1. The van der Waals surface area contributed by atoms with E-state index in [1.165, 1.54) is 19.3 Å². The third-order valence-corrected chi connectivity index (χ3v) is 3.76. The van der Waals surface area contributed by atoms with Crippen LogP contribution in [0.3, 0.4) is 0 Å². The maximum absolute atomic E-state index is 6.16. The number of ether oxygens (including phenoxy) is 1. The third kappa shape index (κ3) is 3.16. The Balaban J connectivity index is 2.01. The SMILES string of the molecule is CNc1ccc(OC2CCCCC2N(C)C)cc1. The molecule has 2 rings (SSSR count). The Kier molecular flexibility index (Phi) is 4.48.